The maximum absolute atomic E-state index is 13.8. The van der Waals surface area contributed by atoms with Crippen LogP contribution in [0, 0.1) is 11.6 Å². The van der Waals surface area contributed by atoms with Gasteiger partial charge in [-0.25, -0.2) is 13.6 Å². The van der Waals surface area contributed by atoms with Crippen molar-refractivity contribution in [2.45, 2.75) is 37.1 Å². The molecule has 138 valence electrons. The summed E-state index contributed by atoms with van der Waals surface area (Å²) in [7, 11) is 0. The van der Waals surface area contributed by atoms with Crippen molar-refractivity contribution < 1.29 is 18.3 Å². The molecule has 1 saturated carbocycles. The molecule has 2 heterocycles. The molecule has 9 heteroatoms. The predicted octanol–water partition coefficient (Wildman–Crippen LogP) is 3.39. The highest BCUT2D eigenvalue weighted by Gasteiger charge is 2.41. The smallest absolute Gasteiger partial charge is 0.321 e. The summed E-state index contributed by atoms with van der Waals surface area (Å²) in [5.41, 5.74) is 0.299. The number of benzene rings is 1. The number of amides is 2. The SMILES string of the molecule is O=C(Nc1nnc(C2CCOCC2)s1)N[C@@H]1C[C@H]1c1cccc(F)c1F. The normalized spacial score (nSPS) is 22.8. The van der Waals surface area contributed by atoms with Crippen LogP contribution in [0.25, 0.3) is 0 Å². The fourth-order valence-corrected chi connectivity index (χ4v) is 4.11. The van der Waals surface area contributed by atoms with E-state index in [-0.39, 0.29) is 12.0 Å². The Bertz CT molecular complexity index is 810. The van der Waals surface area contributed by atoms with Gasteiger partial charge in [0, 0.05) is 31.1 Å². The van der Waals surface area contributed by atoms with Crippen molar-refractivity contribution in [3.63, 3.8) is 0 Å². The van der Waals surface area contributed by atoms with Crippen molar-refractivity contribution in [2.24, 2.45) is 0 Å². The number of nitrogens with zero attached hydrogens (tertiary/aromatic N) is 2. The first-order chi connectivity index (χ1) is 12.6. The minimum absolute atomic E-state index is 0.205. The Morgan fingerprint density at radius 1 is 1.23 bits per heavy atom. The maximum atomic E-state index is 13.8. The molecule has 2 aliphatic rings. The van der Waals surface area contributed by atoms with E-state index in [0.29, 0.717) is 36.2 Å². The summed E-state index contributed by atoms with van der Waals surface area (Å²) in [6.07, 6.45) is 2.39. The number of nitrogens with one attached hydrogen (secondary N) is 2. The maximum Gasteiger partial charge on any atom is 0.321 e. The minimum Gasteiger partial charge on any atom is -0.381 e. The molecule has 1 aromatic carbocycles. The number of aromatic nitrogens is 2. The van der Waals surface area contributed by atoms with E-state index in [4.69, 9.17) is 4.74 Å². The van der Waals surface area contributed by atoms with E-state index < -0.39 is 17.7 Å². The topological polar surface area (TPSA) is 76.1 Å². The molecule has 1 aliphatic carbocycles. The quantitative estimate of drug-likeness (QED) is 0.853. The monoisotopic (exact) mass is 380 g/mol. The summed E-state index contributed by atoms with van der Waals surface area (Å²) in [4.78, 5) is 12.1. The molecule has 2 fully saturated rings. The Balaban J connectivity index is 1.31. The predicted molar refractivity (Wildman–Crippen MR) is 92.4 cm³/mol. The molecule has 0 unspecified atom stereocenters. The number of ether oxygens (including phenoxy) is 1. The molecule has 0 radical (unpaired) electrons. The highest BCUT2D eigenvalue weighted by molar-refractivity contribution is 7.15. The Hall–Kier alpha value is -2.13. The van der Waals surface area contributed by atoms with Gasteiger partial charge < -0.3 is 10.1 Å². The van der Waals surface area contributed by atoms with Crippen LogP contribution < -0.4 is 10.6 Å². The average Bonchev–Trinajstić information content (AvgIpc) is 3.23. The van der Waals surface area contributed by atoms with E-state index in [9.17, 15) is 13.6 Å². The van der Waals surface area contributed by atoms with Crippen molar-refractivity contribution in [2.75, 3.05) is 18.5 Å². The van der Waals surface area contributed by atoms with Crippen LogP contribution in [0.1, 0.15) is 41.7 Å². The molecule has 2 N–H and O–H groups in total. The first-order valence-corrected chi connectivity index (χ1v) is 9.36. The Morgan fingerprint density at radius 3 is 2.85 bits per heavy atom. The van der Waals surface area contributed by atoms with Crippen molar-refractivity contribution in [3.8, 4) is 0 Å². The molecule has 0 spiro atoms. The van der Waals surface area contributed by atoms with Crippen LogP contribution in [-0.2, 0) is 4.74 Å². The van der Waals surface area contributed by atoms with E-state index in [1.54, 1.807) is 6.07 Å². The van der Waals surface area contributed by atoms with Crippen LogP contribution in [0.5, 0.6) is 0 Å². The average molecular weight is 380 g/mol. The molecule has 2 atom stereocenters. The van der Waals surface area contributed by atoms with Gasteiger partial charge in [-0.3, -0.25) is 5.32 Å². The molecular formula is C17H18F2N4O2S. The van der Waals surface area contributed by atoms with Gasteiger partial charge in [0.1, 0.15) is 5.01 Å². The van der Waals surface area contributed by atoms with E-state index >= 15 is 0 Å². The summed E-state index contributed by atoms with van der Waals surface area (Å²) in [5.74, 6) is -1.59. The minimum atomic E-state index is -0.868. The van der Waals surface area contributed by atoms with E-state index in [2.05, 4.69) is 20.8 Å². The van der Waals surface area contributed by atoms with Crippen LogP contribution in [0.4, 0.5) is 18.7 Å². The van der Waals surface area contributed by atoms with Gasteiger partial charge in [0.05, 0.1) is 0 Å². The Morgan fingerprint density at radius 2 is 2.04 bits per heavy atom. The summed E-state index contributed by atoms with van der Waals surface area (Å²) < 4.78 is 32.4. The zero-order valence-corrected chi connectivity index (χ0v) is 14.7. The summed E-state index contributed by atoms with van der Waals surface area (Å²) >= 11 is 1.36. The molecule has 1 aliphatic heterocycles. The van der Waals surface area contributed by atoms with Gasteiger partial charge in [0.25, 0.3) is 0 Å². The van der Waals surface area contributed by atoms with Crippen LogP contribution in [0.15, 0.2) is 18.2 Å². The lowest BCUT2D eigenvalue weighted by atomic mass is 10.0. The second kappa shape index (κ2) is 7.24. The molecular weight excluding hydrogens is 362 g/mol. The molecule has 0 bridgehead atoms. The van der Waals surface area contributed by atoms with Crippen LogP contribution in [-0.4, -0.2) is 35.5 Å². The number of anilines is 1. The Kier molecular flexibility index (Phi) is 4.82. The number of hydrogen-bond acceptors (Lipinski definition) is 5. The summed E-state index contributed by atoms with van der Waals surface area (Å²) in [5, 5.41) is 14.9. The van der Waals surface area contributed by atoms with Gasteiger partial charge in [0.15, 0.2) is 11.6 Å². The van der Waals surface area contributed by atoms with Gasteiger partial charge in [-0.15, -0.1) is 10.2 Å². The van der Waals surface area contributed by atoms with Crippen molar-refractivity contribution in [3.05, 3.63) is 40.4 Å². The number of halogens is 2. The molecule has 4 rings (SSSR count). The highest BCUT2D eigenvalue weighted by atomic mass is 32.1. The van der Waals surface area contributed by atoms with Crippen molar-refractivity contribution in [1.82, 2.24) is 15.5 Å². The van der Waals surface area contributed by atoms with Gasteiger partial charge in [-0.2, -0.15) is 0 Å². The second-order valence-electron chi connectivity index (χ2n) is 6.52. The summed E-state index contributed by atoms with van der Waals surface area (Å²) in [6.45, 7) is 1.43. The molecule has 6 nitrogen and oxygen atoms in total. The molecule has 26 heavy (non-hydrogen) atoms. The largest absolute Gasteiger partial charge is 0.381 e. The molecule has 2 aromatic rings. The number of rotatable bonds is 4. The van der Waals surface area contributed by atoms with Gasteiger partial charge in [0.2, 0.25) is 5.13 Å². The van der Waals surface area contributed by atoms with Crippen LogP contribution in [0.2, 0.25) is 0 Å². The lowest BCUT2D eigenvalue weighted by Crippen LogP contribution is -2.31. The number of urea groups is 1. The first-order valence-electron chi connectivity index (χ1n) is 8.54. The standard InChI is InChI=1S/C17H18F2N4O2S/c18-12-3-1-2-10(14(12)19)11-8-13(11)20-16(24)21-17-23-22-15(26-17)9-4-6-25-7-5-9/h1-3,9,11,13H,4-8H2,(H2,20,21,23,24)/t11-,13+/m0/s1. The van der Waals surface area contributed by atoms with Gasteiger partial charge in [-0.1, -0.05) is 23.5 Å². The van der Waals surface area contributed by atoms with Crippen molar-refractivity contribution >= 4 is 22.5 Å². The fourth-order valence-electron chi connectivity index (χ4n) is 3.20. The molecule has 1 saturated heterocycles. The van der Waals surface area contributed by atoms with Crippen molar-refractivity contribution in [1.29, 1.82) is 0 Å². The zero-order chi connectivity index (χ0) is 18.1. The zero-order valence-electron chi connectivity index (χ0n) is 13.9. The van der Waals surface area contributed by atoms with Crippen LogP contribution >= 0.6 is 11.3 Å². The third-order valence-corrected chi connectivity index (χ3v) is 5.72. The van der Waals surface area contributed by atoms with E-state index in [1.165, 1.54) is 17.4 Å². The van der Waals surface area contributed by atoms with Crippen LogP contribution in [0.3, 0.4) is 0 Å². The fraction of sp³-hybridized carbons (Fsp3) is 0.471. The highest BCUT2D eigenvalue weighted by Crippen LogP contribution is 2.42. The number of carbonyl (C=O) groups is 1. The lowest BCUT2D eigenvalue weighted by molar-refractivity contribution is 0.0851. The molecule has 1 aromatic heterocycles. The third-order valence-electron chi connectivity index (χ3n) is 4.72. The third kappa shape index (κ3) is 3.68. The second-order valence-corrected chi connectivity index (χ2v) is 7.53. The summed E-state index contributed by atoms with van der Waals surface area (Å²) in [6, 6.07) is 3.48. The lowest BCUT2D eigenvalue weighted by Gasteiger charge is -2.18. The number of hydrogen-bond donors (Lipinski definition) is 2. The number of carbonyl (C=O) groups excluding carboxylic acids is 1. The Labute approximate surface area is 153 Å². The van der Waals surface area contributed by atoms with E-state index in [0.717, 1.165) is 23.9 Å². The first kappa shape index (κ1) is 17.3. The van der Waals surface area contributed by atoms with Gasteiger partial charge in [-0.05, 0) is 30.9 Å². The molecule has 2 amide bonds. The van der Waals surface area contributed by atoms with E-state index in [1.807, 2.05) is 0 Å². The van der Waals surface area contributed by atoms with Gasteiger partial charge >= 0.3 is 6.03 Å².